The van der Waals surface area contributed by atoms with Crippen molar-refractivity contribution in [2.75, 3.05) is 45.3 Å². The van der Waals surface area contributed by atoms with E-state index < -0.39 is 131 Å². The topological polar surface area (TPSA) is 372 Å². The van der Waals surface area contributed by atoms with E-state index in [4.69, 9.17) is 4.74 Å². The van der Waals surface area contributed by atoms with Crippen LogP contribution in [-0.2, 0) is 85.1 Å². The number of aliphatic carboxylic acids is 1. The number of imidazole rings is 1. The lowest BCUT2D eigenvalue weighted by molar-refractivity contribution is -0.146. The number of fused-ring (bicyclic) bond motifs is 5. The van der Waals surface area contributed by atoms with Crippen molar-refractivity contribution in [3.05, 3.63) is 155 Å². The van der Waals surface area contributed by atoms with Crippen LogP contribution in [0, 0.1) is 11.6 Å². The van der Waals surface area contributed by atoms with E-state index in [0.29, 0.717) is 88.5 Å². The molecule has 30 heteroatoms. The minimum Gasteiger partial charge on any atom is -0.497 e. The number of H-pyrrole nitrogens is 3. The maximum absolute atomic E-state index is 15.2. The Bertz CT molecular complexity index is 4080. The molecule has 7 aromatic rings. The number of carbonyl (C=O) groups excluding carboxylic acids is 9. The number of rotatable bonds is 16. The van der Waals surface area contributed by atoms with Gasteiger partial charge in [-0.2, -0.15) is 23.5 Å². The number of methoxy groups -OCH3 is 1. The van der Waals surface area contributed by atoms with E-state index >= 15 is 23.6 Å². The Kier molecular flexibility index (Phi) is 26.9. The molecular weight excluding hydrogens is 1340 g/mol. The van der Waals surface area contributed by atoms with Crippen molar-refractivity contribution in [2.45, 2.75) is 144 Å². The monoisotopic (exact) mass is 1430 g/mol. The van der Waals surface area contributed by atoms with Crippen LogP contribution in [0.5, 0.6) is 5.75 Å². The molecular formula is C71H86F2N14O12S2. The highest BCUT2D eigenvalue weighted by molar-refractivity contribution is 7.98. The molecule has 4 aromatic carbocycles. The second kappa shape index (κ2) is 36.0. The standard InChI is InChI=1S/C71H86F2N14O12S2/c1-41-63(91)82-55(31-45-37-78-52-18-14-47(72)33-50(45)52)65(93)83-56(32-46-38-79-53-19-15-48(73)34-51(46)53)66(94)85-58(36-62(89)90)68(96)84-57(35-60-75-23-24-76-60)67(95)86-59(30-42-12-16-49(99-4)17-13-42)69(97)87-26-8-21-71(87,2)70(98)77-25-28-101-40-44-10-7-9-43(29-44)39-100-27-20-61(88)81-54(64(92)80-41)11-5-6-22-74-3/h7,9-10,12-19,23-24,29,33-34,37-38,41,54-59,74,78-79H,5-6,8,11,20-22,25-28,30-32,35-36,39-40H2,1-4H3,(H,75,76)(H,77,98)(H,80,92)(H,81,88)(H,82,91)(H,83,93)(H,84,96)(H,85,94)(H,86,95)(H,89,90)/t41-,54+,55+,56+,57+,58+,59+,71+/m1/s1. The van der Waals surface area contributed by atoms with E-state index in [9.17, 15) is 38.3 Å². The van der Waals surface area contributed by atoms with Gasteiger partial charge in [-0.1, -0.05) is 36.4 Å². The lowest BCUT2D eigenvalue weighted by Crippen LogP contribution is -2.62. The number of aromatic nitrogens is 4. The molecule has 0 spiro atoms. The van der Waals surface area contributed by atoms with E-state index in [1.54, 1.807) is 50.0 Å². The van der Waals surface area contributed by atoms with Gasteiger partial charge in [0.2, 0.25) is 53.2 Å². The van der Waals surface area contributed by atoms with Crippen molar-refractivity contribution in [3.63, 3.8) is 0 Å². The van der Waals surface area contributed by atoms with Gasteiger partial charge in [-0.25, -0.2) is 13.8 Å². The van der Waals surface area contributed by atoms with Gasteiger partial charge in [-0.15, -0.1) is 0 Å². The minimum atomic E-state index is -2.00. The number of amides is 9. The quantitative estimate of drug-likeness (QED) is 0.0601. The summed E-state index contributed by atoms with van der Waals surface area (Å²) in [7, 11) is 3.28. The molecule has 5 heterocycles. The number of nitrogens with one attached hydrogen (secondary N) is 12. The fourth-order valence-electron chi connectivity index (χ4n) is 12.4. The summed E-state index contributed by atoms with van der Waals surface area (Å²) in [6.07, 6.45) is 5.67. The summed E-state index contributed by atoms with van der Waals surface area (Å²) >= 11 is 3.14. The smallest absolute Gasteiger partial charge is 0.305 e. The van der Waals surface area contributed by atoms with Crippen LogP contribution in [0.4, 0.5) is 8.78 Å². The van der Waals surface area contributed by atoms with Crippen molar-refractivity contribution in [1.29, 1.82) is 0 Å². The van der Waals surface area contributed by atoms with Gasteiger partial charge in [0, 0.05) is 115 Å². The Balaban J connectivity index is 1.05. The molecule has 2 aliphatic heterocycles. The number of carboxylic acid groups (broad SMARTS) is 1. The van der Waals surface area contributed by atoms with Crippen LogP contribution >= 0.6 is 23.5 Å². The molecule has 9 rings (SSSR count). The van der Waals surface area contributed by atoms with E-state index in [0.717, 1.165) is 11.1 Å². The number of thioether (sulfide) groups is 2. The largest absolute Gasteiger partial charge is 0.497 e. The van der Waals surface area contributed by atoms with E-state index in [1.807, 2.05) is 18.2 Å². The number of hydrogen-bond acceptors (Lipinski definition) is 15. The number of carbonyl (C=O) groups is 10. The molecule has 0 saturated carbocycles. The van der Waals surface area contributed by atoms with Crippen LogP contribution in [0.25, 0.3) is 21.8 Å². The Morgan fingerprint density at radius 3 is 1.83 bits per heavy atom. The summed E-state index contributed by atoms with van der Waals surface area (Å²) in [5.74, 6) is -7.30. The molecule has 0 radical (unpaired) electrons. The van der Waals surface area contributed by atoms with Crippen LogP contribution < -0.4 is 52.6 Å². The number of halogens is 2. The lowest BCUT2D eigenvalue weighted by atomic mass is 9.95. The van der Waals surface area contributed by atoms with Gasteiger partial charge in [0.05, 0.1) is 13.5 Å². The fraction of sp³-hybridized carbons (Fsp3) is 0.423. The van der Waals surface area contributed by atoms with Crippen LogP contribution in [0.1, 0.15) is 92.4 Å². The Labute approximate surface area is 590 Å². The van der Waals surface area contributed by atoms with Crippen molar-refractivity contribution in [1.82, 2.24) is 72.7 Å². The molecule has 2 bridgehead atoms. The van der Waals surface area contributed by atoms with Gasteiger partial charge in [0.25, 0.3) is 0 Å². The summed E-state index contributed by atoms with van der Waals surface area (Å²) in [5, 5.41) is 35.9. The summed E-state index contributed by atoms with van der Waals surface area (Å²) in [4.78, 5) is 160. The Hall–Kier alpha value is -9.81. The first-order valence-corrected chi connectivity index (χ1v) is 35.8. The molecule has 2 aliphatic rings. The fourth-order valence-corrected chi connectivity index (χ4v) is 14.1. The predicted molar refractivity (Wildman–Crippen MR) is 378 cm³/mol. The van der Waals surface area contributed by atoms with E-state index in [2.05, 4.69) is 73.9 Å². The van der Waals surface area contributed by atoms with E-state index in [1.165, 1.54) is 91.9 Å². The highest BCUT2D eigenvalue weighted by Gasteiger charge is 2.48. The summed E-state index contributed by atoms with van der Waals surface area (Å²) in [5.41, 5.74) is 2.80. The van der Waals surface area contributed by atoms with Gasteiger partial charge in [-0.05, 0) is 136 Å². The normalized spacial score (nSPS) is 22.7. The van der Waals surface area contributed by atoms with Gasteiger partial charge >= 0.3 is 5.97 Å². The van der Waals surface area contributed by atoms with Gasteiger partial charge in [0.1, 0.15) is 71.0 Å². The lowest BCUT2D eigenvalue weighted by Gasteiger charge is -2.36. The SMILES string of the molecule is CNCCCC[C@@H]1NC(=O)CCSCc2cccc(c2)CSCCNC(=O)[C@]2(C)CCCN2C(=O)[C@H](Cc2ccc(OC)cc2)NC(=O)[C@H](Cc2ncc[nH]2)NC(=O)[C@H](CC(=O)O)NC(=O)[C@H](Cc2c[nH]c3ccc(F)cc23)NC(=O)[C@H](Cc2c[nH]c3ccc(F)cc23)NC(=O)[C@@H](C)NC1=O. The molecule has 1 saturated heterocycles. The first kappa shape index (κ1) is 75.4. The number of unbranched alkanes of at least 4 members (excludes halogenated alkanes) is 1. The maximum atomic E-state index is 15.2. The van der Waals surface area contributed by atoms with Crippen LogP contribution in [-0.4, -0.2) is 182 Å². The molecule has 3 aromatic heterocycles. The van der Waals surface area contributed by atoms with Gasteiger partial charge in [-0.3, -0.25) is 47.9 Å². The average molecular weight is 1430 g/mol. The summed E-state index contributed by atoms with van der Waals surface area (Å²) < 4.78 is 35.3. The predicted octanol–water partition coefficient (Wildman–Crippen LogP) is 4.28. The van der Waals surface area contributed by atoms with E-state index in [-0.39, 0.29) is 62.0 Å². The van der Waals surface area contributed by atoms with Crippen LogP contribution in [0.3, 0.4) is 0 Å². The second-order valence-corrected chi connectivity index (χ2v) is 27.6. The first-order valence-electron chi connectivity index (χ1n) is 33.5. The number of hydrogen-bond donors (Lipinski definition) is 13. The highest BCUT2D eigenvalue weighted by atomic mass is 32.2. The number of aromatic amines is 3. The third-order valence-corrected chi connectivity index (χ3v) is 19.9. The van der Waals surface area contributed by atoms with Crippen LogP contribution in [0.15, 0.2) is 110 Å². The third kappa shape index (κ3) is 20.9. The van der Waals surface area contributed by atoms with Crippen molar-refractivity contribution >= 4 is 104 Å². The zero-order valence-electron chi connectivity index (χ0n) is 56.6. The Morgan fingerprint density at radius 2 is 1.24 bits per heavy atom. The number of benzene rings is 4. The third-order valence-electron chi connectivity index (χ3n) is 17.9. The van der Waals surface area contributed by atoms with Gasteiger partial charge < -0.3 is 77.5 Å². The van der Waals surface area contributed by atoms with Crippen molar-refractivity contribution in [3.8, 4) is 5.75 Å². The zero-order chi connectivity index (χ0) is 72.2. The maximum Gasteiger partial charge on any atom is 0.305 e. The molecule has 26 nitrogen and oxygen atoms in total. The first-order chi connectivity index (χ1) is 48.6. The highest BCUT2D eigenvalue weighted by Crippen LogP contribution is 2.31. The van der Waals surface area contributed by atoms with Gasteiger partial charge in [0.15, 0.2) is 0 Å². The van der Waals surface area contributed by atoms with Crippen LogP contribution in [0.2, 0.25) is 0 Å². The zero-order valence-corrected chi connectivity index (χ0v) is 58.2. The van der Waals surface area contributed by atoms with Crippen molar-refractivity contribution < 1.29 is 66.6 Å². The minimum absolute atomic E-state index is 0.0686. The number of ether oxygens (including phenoxy) is 1. The second-order valence-electron chi connectivity index (χ2n) is 25.4. The summed E-state index contributed by atoms with van der Waals surface area (Å²) in [6.45, 7) is 4.10. The summed E-state index contributed by atoms with van der Waals surface area (Å²) in [6, 6.07) is 11.7. The molecule has 538 valence electrons. The molecule has 13 N–H and O–H groups in total. The molecule has 0 unspecified atom stereocenters. The molecule has 8 atom stereocenters. The number of carboxylic acids is 1. The molecule has 1 fully saturated rings. The average Bonchev–Trinajstić information content (AvgIpc) is 1.67. The Morgan fingerprint density at radius 1 is 0.663 bits per heavy atom. The molecule has 101 heavy (non-hydrogen) atoms. The van der Waals surface area contributed by atoms with Crippen molar-refractivity contribution in [2.24, 2.45) is 0 Å². The molecule has 0 aliphatic carbocycles. The number of nitrogens with zero attached hydrogens (tertiary/aromatic N) is 2. The molecule has 9 amide bonds.